The van der Waals surface area contributed by atoms with Crippen LogP contribution >= 0.6 is 0 Å². The summed E-state index contributed by atoms with van der Waals surface area (Å²) in [5.41, 5.74) is 9.53. The number of aryl methyl sites for hydroxylation is 4. The van der Waals surface area contributed by atoms with E-state index in [2.05, 4.69) is 122 Å². The van der Waals surface area contributed by atoms with E-state index in [1.165, 1.54) is 33.2 Å². The van der Waals surface area contributed by atoms with E-state index in [-0.39, 0.29) is 34.8 Å². The number of hydrogen-bond donors (Lipinski definition) is 0. The Bertz CT molecular complexity index is 1940. The fourth-order valence-corrected chi connectivity index (χ4v) is 7.09. The minimum atomic E-state index is -0.0538. The largest absolute Gasteiger partial charge is 2.00 e. The molecule has 0 bridgehead atoms. The van der Waals surface area contributed by atoms with Crippen LogP contribution in [0.2, 0.25) is 0 Å². The second-order valence-corrected chi connectivity index (χ2v) is 11.9. The Balaban J connectivity index is 0.00000338. The monoisotopic (exact) mass is 783 g/mol. The Kier molecular flexibility index (Phi) is 7.39. The number of pyridine rings is 2. The van der Waals surface area contributed by atoms with E-state index in [4.69, 9.17) is 14.7 Å². The van der Waals surface area contributed by atoms with Crippen molar-refractivity contribution in [3.63, 3.8) is 0 Å². The van der Waals surface area contributed by atoms with Crippen molar-refractivity contribution in [1.82, 2.24) is 29.1 Å². The number of aromatic nitrogens is 6. The first-order valence-corrected chi connectivity index (χ1v) is 15.0. The van der Waals surface area contributed by atoms with Crippen LogP contribution in [-0.2, 0) is 21.1 Å². The van der Waals surface area contributed by atoms with Gasteiger partial charge in [0.15, 0.2) is 0 Å². The molecule has 9 nitrogen and oxygen atoms in total. The minimum absolute atomic E-state index is 0. The Morgan fingerprint density at radius 2 is 1.20 bits per heavy atom. The van der Waals surface area contributed by atoms with Crippen molar-refractivity contribution in [3.05, 3.63) is 108 Å². The first kappa shape index (κ1) is 30.1. The van der Waals surface area contributed by atoms with Crippen LogP contribution < -0.4 is 36.2 Å². The molecule has 0 radical (unpaired) electrons. The van der Waals surface area contributed by atoms with Crippen LogP contribution in [0, 0.1) is 40.2 Å². The van der Waals surface area contributed by atoms with E-state index < -0.39 is 0 Å². The molecule has 6 aromatic rings. The molecule has 228 valence electrons. The van der Waals surface area contributed by atoms with Gasteiger partial charge in [0, 0.05) is 12.1 Å². The summed E-state index contributed by atoms with van der Waals surface area (Å²) >= 11 is 0. The van der Waals surface area contributed by atoms with E-state index in [0.29, 0.717) is 11.8 Å². The maximum absolute atomic E-state index is 6.38. The second kappa shape index (κ2) is 11.3. The maximum atomic E-state index is 6.38. The third-order valence-corrected chi connectivity index (χ3v) is 9.20. The van der Waals surface area contributed by atoms with Crippen LogP contribution in [0.5, 0.6) is 11.8 Å². The third-order valence-electron chi connectivity index (χ3n) is 9.20. The Labute approximate surface area is 283 Å². The van der Waals surface area contributed by atoms with Gasteiger partial charge in [-0.05, 0) is 83.1 Å². The van der Waals surface area contributed by atoms with Gasteiger partial charge < -0.3 is 33.5 Å². The summed E-state index contributed by atoms with van der Waals surface area (Å²) in [6, 6.07) is 20.8. The third kappa shape index (κ3) is 4.51. The summed E-state index contributed by atoms with van der Waals surface area (Å²) in [6.07, 6.45) is 9.83. The van der Waals surface area contributed by atoms with Crippen LogP contribution in [0.25, 0.3) is 11.6 Å². The number of fused-ring (bicyclic) bond motifs is 6. The first-order valence-electron chi connectivity index (χ1n) is 15.0. The summed E-state index contributed by atoms with van der Waals surface area (Å²) in [4.78, 5) is 23.4. The van der Waals surface area contributed by atoms with Crippen LogP contribution in [-0.4, -0.2) is 56.9 Å². The van der Waals surface area contributed by atoms with Crippen molar-refractivity contribution in [1.29, 1.82) is 0 Å². The molecular weight excluding hydrogens is 753 g/mol. The average molecular weight is 783 g/mol. The van der Waals surface area contributed by atoms with Gasteiger partial charge in [0.2, 0.25) is 11.8 Å². The van der Waals surface area contributed by atoms with Gasteiger partial charge in [-0.15, -0.1) is 0 Å². The van der Waals surface area contributed by atoms with Crippen LogP contribution in [0.4, 0.5) is 11.8 Å². The van der Waals surface area contributed by atoms with Crippen LogP contribution in [0.3, 0.4) is 0 Å². The van der Waals surface area contributed by atoms with Gasteiger partial charge in [-0.3, -0.25) is 4.98 Å². The molecule has 0 spiro atoms. The molecular formula is C34H30B2N8OPt. The summed E-state index contributed by atoms with van der Waals surface area (Å²) in [7, 11) is 4.16. The molecule has 2 aliphatic heterocycles. The quantitative estimate of drug-likeness (QED) is 0.201. The maximum Gasteiger partial charge on any atom is 2.00 e. The molecule has 2 aromatic carbocycles. The van der Waals surface area contributed by atoms with E-state index in [1.54, 1.807) is 6.20 Å². The van der Waals surface area contributed by atoms with Crippen molar-refractivity contribution in [2.75, 3.05) is 23.7 Å². The molecule has 0 fully saturated rings. The predicted octanol–water partition coefficient (Wildman–Crippen LogP) is 2.58. The molecule has 0 unspecified atom stereocenters. The topological polar surface area (TPSA) is 77.1 Å². The number of hydrogen-bond acceptors (Lipinski definition) is 7. The van der Waals surface area contributed by atoms with Crippen molar-refractivity contribution < 1.29 is 25.8 Å². The summed E-state index contributed by atoms with van der Waals surface area (Å²) in [5.74, 6) is 4.05. The standard InChI is InChI=1S/C34H30B2N8O.Pt/c1-21-9-7-10-22(2)30(21)35-26-14-16-28(40-33(26)44-20-37-19-29(44)41(35)5)45-27-15-13-25-32(39-27)43-18-17-38-34(43)42(6)36(25)31-23(3)11-8-12-24(31)4;/h7-17,19H,1-6H3;/q-2;+2. The number of imidazole rings is 2. The van der Waals surface area contributed by atoms with Gasteiger partial charge in [-0.2, -0.15) is 0 Å². The molecule has 0 saturated carbocycles. The van der Waals surface area contributed by atoms with Crippen LogP contribution in [0.1, 0.15) is 22.3 Å². The second-order valence-electron chi connectivity index (χ2n) is 11.9. The predicted molar refractivity (Wildman–Crippen MR) is 179 cm³/mol. The molecule has 0 aliphatic carbocycles. The first-order chi connectivity index (χ1) is 21.8. The fraction of sp³-hybridized carbons (Fsp3) is 0.176. The van der Waals surface area contributed by atoms with Gasteiger partial charge in [0.25, 0.3) is 0 Å². The molecule has 0 atom stereocenters. The Morgan fingerprint density at radius 1 is 0.674 bits per heavy atom. The zero-order valence-corrected chi connectivity index (χ0v) is 28.7. The molecule has 4 aromatic heterocycles. The van der Waals surface area contributed by atoms with Gasteiger partial charge in [0.1, 0.15) is 0 Å². The van der Waals surface area contributed by atoms with Crippen molar-refractivity contribution in [2.45, 2.75) is 27.7 Å². The van der Waals surface area contributed by atoms with E-state index >= 15 is 0 Å². The van der Waals surface area contributed by atoms with Crippen molar-refractivity contribution in [2.24, 2.45) is 0 Å². The normalized spacial score (nSPS) is 13.1. The van der Waals surface area contributed by atoms with Gasteiger partial charge in [0.05, 0.1) is 11.8 Å². The summed E-state index contributed by atoms with van der Waals surface area (Å²) < 4.78 is 10.2. The van der Waals surface area contributed by atoms with Crippen molar-refractivity contribution in [3.8, 4) is 23.4 Å². The molecule has 0 amide bonds. The van der Waals surface area contributed by atoms with E-state index in [1.807, 2.05) is 27.5 Å². The number of rotatable bonds is 4. The average Bonchev–Trinajstić information content (AvgIpc) is 3.72. The van der Waals surface area contributed by atoms with Gasteiger partial charge in [-0.25, -0.2) is 4.98 Å². The number of nitrogens with zero attached hydrogens (tertiary/aromatic N) is 8. The number of ether oxygens (including phenoxy) is 1. The fourth-order valence-electron chi connectivity index (χ4n) is 7.09. The van der Waals surface area contributed by atoms with Crippen molar-refractivity contribution >= 4 is 47.3 Å². The van der Waals surface area contributed by atoms with Gasteiger partial charge in [-0.1, -0.05) is 87.9 Å². The summed E-state index contributed by atoms with van der Waals surface area (Å²) in [5, 5.41) is 0. The Hall–Kier alpha value is -4.62. The van der Waals surface area contributed by atoms with Gasteiger partial charge >= 0.3 is 34.8 Å². The molecule has 8 rings (SSSR count). The molecule has 0 saturated heterocycles. The zero-order valence-electron chi connectivity index (χ0n) is 26.4. The van der Waals surface area contributed by atoms with E-state index in [0.717, 1.165) is 34.3 Å². The smallest absolute Gasteiger partial charge is 0.444 e. The molecule has 2 aliphatic rings. The molecule has 0 N–H and O–H groups in total. The van der Waals surface area contributed by atoms with E-state index in [9.17, 15) is 0 Å². The number of anilines is 2. The molecule has 46 heavy (non-hydrogen) atoms. The summed E-state index contributed by atoms with van der Waals surface area (Å²) in [6.45, 7) is 8.54. The SMILES string of the molecule is Cc1cccc(C)c1B1c2ccc(Oc3ccc4c(n3)-n3[c-]cnc3N(C)B4c3c(C)cccc3C)nc2-n2[c-]ncc2N1C.[Pt+2]. The van der Waals surface area contributed by atoms with Crippen LogP contribution in [0.15, 0.2) is 73.1 Å². The minimum Gasteiger partial charge on any atom is -0.444 e. The molecule has 12 heteroatoms. The molecule has 6 heterocycles. The zero-order chi connectivity index (χ0) is 31.0. The Morgan fingerprint density at radius 3 is 1.76 bits per heavy atom. The number of benzene rings is 2.